The van der Waals surface area contributed by atoms with Crippen molar-refractivity contribution in [2.24, 2.45) is 0 Å². The topological polar surface area (TPSA) is 80.6 Å². The summed E-state index contributed by atoms with van der Waals surface area (Å²) in [5.41, 5.74) is 2.17. The average molecular weight is 362 g/mol. The number of nitrogens with one attached hydrogen (secondary N) is 2. The van der Waals surface area contributed by atoms with Crippen LogP contribution in [0.2, 0.25) is 0 Å². The Morgan fingerprint density at radius 2 is 1.93 bits per heavy atom. The average Bonchev–Trinajstić information content (AvgIpc) is 3.16. The second-order valence-corrected chi connectivity index (χ2v) is 6.23. The lowest BCUT2D eigenvalue weighted by Crippen LogP contribution is -2.25. The molecular weight excluding hydrogens is 344 g/mol. The molecule has 2 N–H and O–H groups in total. The van der Waals surface area contributed by atoms with Crippen molar-refractivity contribution in [1.29, 1.82) is 0 Å². The predicted molar refractivity (Wildman–Crippen MR) is 102 cm³/mol. The predicted octanol–water partition coefficient (Wildman–Crippen LogP) is 3.85. The summed E-state index contributed by atoms with van der Waals surface area (Å²) in [5, 5.41) is 5.55. The van der Waals surface area contributed by atoms with Crippen LogP contribution < -0.4 is 15.4 Å². The minimum atomic E-state index is -0.210. The maximum Gasteiger partial charge on any atom is 0.262 e. The summed E-state index contributed by atoms with van der Waals surface area (Å²) < 4.78 is 11.1. The van der Waals surface area contributed by atoms with Crippen LogP contribution in [0.1, 0.15) is 12.2 Å². The van der Waals surface area contributed by atoms with Gasteiger partial charge in [-0.05, 0) is 30.3 Å². The highest BCUT2D eigenvalue weighted by atomic mass is 16.5. The highest BCUT2D eigenvalue weighted by molar-refractivity contribution is 5.97. The van der Waals surface area contributed by atoms with E-state index in [4.69, 9.17) is 9.15 Å². The van der Waals surface area contributed by atoms with Gasteiger partial charge in [0.15, 0.2) is 6.61 Å². The first-order valence-electron chi connectivity index (χ1n) is 8.68. The molecule has 0 saturated carbocycles. The number of carbonyl (C=O) groups excluding carboxylic acids is 2. The fraction of sp³-hybridized carbons (Fsp3) is 0.143. The fourth-order valence-corrected chi connectivity index (χ4v) is 2.89. The molecule has 0 bridgehead atoms. The molecule has 2 aromatic carbocycles. The zero-order valence-corrected chi connectivity index (χ0v) is 14.5. The Hall–Kier alpha value is -3.54. The molecule has 0 saturated heterocycles. The van der Waals surface area contributed by atoms with Crippen molar-refractivity contribution in [2.45, 2.75) is 12.8 Å². The molecule has 0 radical (unpaired) electrons. The molecule has 4 rings (SSSR count). The van der Waals surface area contributed by atoms with Crippen LogP contribution in [0.25, 0.3) is 11.3 Å². The van der Waals surface area contributed by atoms with Crippen LogP contribution in [0.3, 0.4) is 0 Å². The third-order valence-electron chi connectivity index (χ3n) is 4.21. The number of carbonyl (C=O) groups is 2. The standard InChI is InChI=1S/C21H18N2O4/c24-20(22-15-6-9-19-17(12-15)23-21(25)13-26-19)11-8-16-7-10-18(27-16)14-4-2-1-3-5-14/h1-7,9-10,12H,8,11,13H2,(H,22,24)(H,23,25). The lowest BCUT2D eigenvalue weighted by Gasteiger charge is -2.18. The second-order valence-electron chi connectivity index (χ2n) is 6.23. The highest BCUT2D eigenvalue weighted by Crippen LogP contribution is 2.30. The van der Waals surface area contributed by atoms with Crippen LogP contribution in [0.4, 0.5) is 11.4 Å². The third-order valence-corrected chi connectivity index (χ3v) is 4.21. The zero-order valence-electron chi connectivity index (χ0n) is 14.5. The Kier molecular flexibility index (Phi) is 4.61. The molecule has 2 heterocycles. The highest BCUT2D eigenvalue weighted by Gasteiger charge is 2.16. The number of fused-ring (bicyclic) bond motifs is 1. The van der Waals surface area contributed by atoms with Gasteiger partial charge in [-0.1, -0.05) is 30.3 Å². The lowest BCUT2D eigenvalue weighted by atomic mass is 10.2. The maximum atomic E-state index is 12.2. The first-order chi connectivity index (χ1) is 13.2. The van der Waals surface area contributed by atoms with E-state index in [1.165, 1.54) is 0 Å². The van der Waals surface area contributed by atoms with Gasteiger partial charge in [0.2, 0.25) is 5.91 Å². The first-order valence-corrected chi connectivity index (χ1v) is 8.68. The molecule has 6 heteroatoms. The van der Waals surface area contributed by atoms with Crippen LogP contribution in [0.5, 0.6) is 5.75 Å². The summed E-state index contributed by atoms with van der Waals surface area (Å²) in [6.07, 6.45) is 0.797. The summed E-state index contributed by atoms with van der Waals surface area (Å²) in [5.74, 6) is 1.80. The number of furan rings is 1. The number of anilines is 2. The Morgan fingerprint density at radius 1 is 1.07 bits per heavy atom. The van der Waals surface area contributed by atoms with E-state index in [9.17, 15) is 9.59 Å². The van der Waals surface area contributed by atoms with Crippen molar-refractivity contribution in [3.63, 3.8) is 0 Å². The normalized spacial score (nSPS) is 12.7. The molecule has 0 fully saturated rings. The Morgan fingerprint density at radius 3 is 2.78 bits per heavy atom. The largest absolute Gasteiger partial charge is 0.482 e. The summed E-state index contributed by atoms with van der Waals surface area (Å²) >= 11 is 0. The molecule has 1 aromatic heterocycles. The van der Waals surface area contributed by atoms with Gasteiger partial charge in [0.05, 0.1) is 5.69 Å². The molecule has 1 aliphatic rings. The minimum Gasteiger partial charge on any atom is -0.482 e. The summed E-state index contributed by atoms with van der Waals surface area (Å²) in [4.78, 5) is 23.6. The van der Waals surface area contributed by atoms with Gasteiger partial charge >= 0.3 is 0 Å². The smallest absolute Gasteiger partial charge is 0.262 e. The van der Waals surface area contributed by atoms with Gasteiger partial charge in [0.1, 0.15) is 17.3 Å². The molecule has 0 atom stereocenters. The Balaban J connectivity index is 1.34. The fourth-order valence-electron chi connectivity index (χ4n) is 2.89. The third kappa shape index (κ3) is 4.00. The molecule has 1 aliphatic heterocycles. The number of hydrogen-bond acceptors (Lipinski definition) is 4. The van der Waals surface area contributed by atoms with Crippen molar-refractivity contribution >= 4 is 23.2 Å². The van der Waals surface area contributed by atoms with E-state index in [2.05, 4.69) is 10.6 Å². The Bertz CT molecular complexity index is 979. The van der Waals surface area contributed by atoms with Crippen LogP contribution >= 0.6 is 0 Å². The van der Waals surface area contributed by atoms with Gasteiger partial charge < -0.3 is 19.8 Å². The molecule has 2 amide bonds. The molecular formula is C21H18N2O4. The van der Waals surface area contributed by atoms with Crippen molar-refractivity contribution in [1.82, 2.24) is 0 Å². The maximum absolute atomic E-state index is 12.2. The van der Waals surface area contributed by atoms with Gasteiger partial charge in [-0.3, -0.25) is 9.59 Å². The van der Waals surface area contributed by atoms with Crippen LogP contribution in [0.15, 0.2) is 65.1 Å². The second kappa shape index (κ2) is 7.37. The van der Waals surface area contributed by atoms with Crippen molar-refractivity contribution in [3.05, 3.63) is 66.4 Å². The van der Waals surface area contributed by atoms with Gasteiger partial charge in [-0.15, -0.1) is 0 Å². The SMILES string of the molecule is O=C(CCc1ccc(-c2ccccc2)o1)Nc1ccc2c(c1)NC(=O)CO2. The monoisotopic (exact) mass is 362 g/mol. The van der Waals surface area contributed by atoms with E-state index in [-0.39, 0.29) is 18.4 Å². The number of ether oxygens (including phenoxy) is 1. The molecule has 27 heavy (non-hydrogen) atoms. The number of rotatable bonds is 5. The number of aryl methyl sites for hydroxylation is 1. The van der Waals surface area contributed by atoms with E-state index in [1.807, 2.05) is 42.5 Å². The van der Waals surface area contributed by atoms with Crippen LogP contribution in [-0.2, 0) is 16.0 Å². The van der Waals surface area contributed by atoms with E-state index in [1.54, 1.807) is 18.2 Å². The quantitative estimate of drug-likeness (QED) is 0.722. The molecule has 3 aromatic rings. The summed E-state index contributed by atoms with van der Waals surface area (Å²) in [6, 6.07) is 18.8. The van der Waals surface area contributed by atoms with Crippen LogP contribution in [-0.4, -0.2) is 18.4 Å². The van der Waals surface area contributed by atoms with E-state index >= 15 is 0 Å². The molecule has 0 unspecified atom stereocenters. The summed E-state index contributed by atoms with van der Waals surface area (Å²) in [6.45, 7) is 0.00677. The number of hydrogen-bond donors (Lipinski definition) is 2. The summed E-state index contributed by atoms with van der Waals surface area (Å²) in [7, 11) is 0. The molecule has 0 aliphatic carbocycles. The first kappa shape index (κ1) is 16.9. The van der Waals surface area contributed by atoms with E-state index in [0.717, 1.165) is 17.1 Å². The van der Waals surface area contributed by atoms with Gasteiger partial charge in [0.25, 0.3) is 5.91 Å². The molecule has 6 nitrogen and oxygen atoms in total. The zero-order chi connectivity index (χ0) is 18.6. The van der Waals surface area contributed by atoms with Gasteiger partial charge in [0, 0.05) is 24.1 Å². The lowest BCUT2D eigenvalue weighted by molar-refractivity contribution is -0.118. The molecule has 0 spiro atoms. The van der Waals surface area contributed by atoms with Crippen molar-refractivity contribution in [3.8, 4) is 17.1 Å². The number of amides is 2. The number of benzene rings is 2. The van der Waals surface area contributed by atoms with Crippen LogP contribution in [0, 0.1) is 0 Å². The molecule has 136 valence electrons. The van der Waals surface area contributed by atoms with Crippen molar-refractivity contribution < 1.29 is 18.7 Å². The van der Waals surface area contributed by atoms with Gasteiger partial charge in [-0.25, -0.2) is 0 Å². The van der Waals surface area contributed by atoms with E-state index < -0.39 is 0 Å². The van der Waals surface area contributed by atoms with E-state index in [0.29, 0.717) is 30.0 Å². The minimum absolute atomic E-state index is 0.00677. The van der Waals surface area contributed by atoms with Crippen molar-refractivity contribution in [2.75, 3.05) is 17.2 Å². The van der Waals surface area contributed by atoms with Gasteiger partial charge in [-0.2, -0.15) is 0 Å². The Labute approximate surface area is 156 Å².